The third-order valence-electron chi connectivity index (χ3n) is 7.33. The molecule has 1 spiro atoms. The summed E-state index contributed by atoms with van der Waals surface area (Å²) >= 11 is 0. The first-order chi connectivity index (χ1) is 13.6. The van der Waals surface area contributed by atoms with Gasteiger partial charge in [-0.25, -0.2) is 4.39 Å². The molecular weight excluding hydrogens is 357 g/mol. The maximum atomic E-state index is 13.3. The van der Waals surface area contributed by atoms with Crippen molar-refractivity contribution in [1.82, 2.24) is 10.2 Å². The second kappa shape index (κ2) is 6.99. The first-order valence-corrected chi connectivity index (χ1v) is 10.6. The van der Waals surface area contributed by atoms with Crippen LogP contribution in [0.5, 0.6) is 0 Å². The van der Waals surface area contributed by atoms with Crippen molar-refractivity contribution in [3.05, 3.63) is 35.6 Å². The molecule has 28 heavy (non-hydrogen) atoms. The Labute approximate surface area is 166 Å². The van der Waals surface area contributed by atoms with Crippen molar-refractivity contribution in [2.75, 3.05) is 26.7 Å². The summed E-state index contributed by atoms with van der Waals surface area (Å²) in [5.74, 6) is 1.36. The van der Waals surface area contributed by atoms with Crippen molar-refractivity contribution in [3.8, 4) is 0 Å². The molecule has 0 radical (unpaired) electrons. The number of hydrogen-bond acceptors (Lipinski definition) is 3. The lowest BCUT2D eigenvalue weighted by Gasteiger charge is -2.63. The fraction of sp³-hybridized carbons (Fsp3) is 0.682. The Morgan fingerprint density at radius 1 is 1.25 bits per heavy atom. The number of morpholine rings is 1. The maximum absolute atomic E-state index is 13.3. The van der Waals surface area contributed by atoms with Crippen LogP contribution in [0.2, 0.25) is 0 Å². The van der Waals surface area contributed by atoms with Gasteiger partial charge in [-0.3, -0.25) is 4.99 Å². The number of ether oxygens (including phenoxy) is 2. The summed E-state index contributed by atoms with van der Waals surface area (Å²) in [6, 6.07) is 7.12. The van der Waals surface area contributed by atoms with Crippen molar-refractivity contribution in [3.63, 3.8) is 0 Å². The monoisotopic (exact) mass is 387 g/mol. The van der Waals surface area contributed by atoms with E-state index in [2.05, 4.69) is 22.1 Å². The van der Waals surface area contributed by atoms with Crippen molar-refractivity contribution < 1.29 is 13.9 Å². The molecule has 1 aromatic carbocycles. The number of fused-ring (bicyclic) bond motifs is 2. The normalized spacial score (nSPS) is 36.6. The quantitative estimate of drug-likeness (QED) is 0.626. The number of halogens is 1. The van der Waals surface area contributed by atoms with Crippen LogP contribution in [-0.2, 0) is 9.47 Å². The summed E-state index contributed by atoms with van der Waals surface area (Å²) in [5.41, 5.74) is 1.34. The second-order valence-electron chi connectivity index (χ2n) is 8.89. The molecule has 5 atom stereocenters. The van der Waals surface area contributed by atoms with Gasteiger partial charge in [-0.15, -0.1) is 0 Å². The van der Waals surface area contributed by atoms with E-state index in [1.54, 1.807) is 0 Å². The molecular formula is C22H30FN3O2. The van der Waals surface area contributed by atoms with Crippen molar-refractivity contribution in [1.29, 1.82) is 0 Å². The van der Waals surface area contributed by atoms with E-state index in [-0.39, 0.29) is 18.0 Å². The van der Waals surface area contributed by atoms with Gasteiger partial charge in [0.1, 0.15) is 11.9 Å². The van der Waals surface area contributed by atoms with Crippen LogP contribution in [0.4, 0.5) is 4.39 Å². The second-order valence-corrected chi connectivity index (χ2v) is 8.89. The number of hydrogen-bond donors (Lipinski definition) is 1. The molecule has 0 aromatic heterocycles. The van der Waals surface area contributed by atoms with Gasteiger partial charge >= 0.3 is 0 Å². The van der Waals surface area contributed by atoms with Gasteiger partial charge in [0.25, 0.3) is 0 Å². The van der Waals surface area contributed by atoms with E-state index in [0.717, 1.165) is 37.6 Å². The summed E-state index contributed by atoms with van der Waals surface area (Å²) in [6.45, 7) is 4.52. The van der Waals surface area contributed by atoms with Crippen LogP contribution in [-0.4, -0.2) is 55.9 Å². The minimum Gasteiger partial charge on any atom is -0.377 e. The first kappa shape index (κ1) is 18.4. The van der Waals surface area contributed by atoms with Gasteiger partial charge < -0.3 is 19.7 Å². The van der Waals surface area contributed by atoms with Crippen LogP contribution < -0.4 is 5.32 Å². The largest absolute Gasteiger partial charge is 0.377 e. The zero-order valence-corrected chi connectivity index (χ0v) is 16.7. The predicted molar refractivity (Wildman–Crippen MR) is 106 cm³/mol. The highest BCUT2D eigenvalue weighted by Gasteiger charge is 2.66. The topological polar surface area (TPSA) is 46.1 Å². The van der Waals surface area contributed by atoms with Gasteiger partial charge in [0.05, 0.1) is 18.8 Å². The fourth-order valence-corrected chi connectivity index (χ4v) is 5.88. The fourth-order valence-electron chi connectivity index (χ4n) is 5.88. The van der Waals surface area contributed by atoms with Crippen molar-refractivity contribution >= 4 is 5.96 Å². The molecule has 2 aliphatic heterocycles. The molecule has 4 aliphatic rings. The lowest BCUT2D eigenvalue weighted by molar-refractivity contribution is -0.172. The molecule has 5 nitrogen and oxygen atoms in total. The van der Waals surface area contributed by atoms with E-state index in [4.69, 9.17) is 9.47 Å². The summed E-state index contributed by atoms with van der Waals surface area (Å²) in [5, 5.41) is 3.82. The number of aliphatic imine (C=N–C) groups is 1. The van der Waals surface area contributed by atoms with Crippen molar-refractivity contribution in [2.45, 2.75) is 57.0 Å². The molecule has 5 unspecified atom stereocenters. The van der Waals surface area contributed by atoms with Gasteiger partial charge in [-0.2, -0.15) is 0 Å². The van der Waals surface area contributed by atoms with E-state index < -0.39 is 0 Å². The van der Waals surface area contributed by atoms with E-state index in [9.17, 15) is 4.39 Å². The molecule has 0 amide bonds. The average molecular weight is 387 g/mol. The van der Waals surface area contributed by atoms with Gasteiger partial charge in [0.2, 0.25) is 0 Å². The average Bonchev–Trinajstić information content (AvgIpc) is 3.06. The molecule has 2 saturated carbocycles. The summed E-state index contributed by atoms with van der Waals surface area (Å²) in [7, 11) is 1.87. The lowest BCUT2D eigenvalue weighted by atomic mass is 9.46. The smallest absolute Gasteiger partial charge is 0.194 e. The molecule has 6 heteroatoms. The molecule has 0 bridgehead atoms. The molecule has 4 fully saturated rings. The molecule has 152 valence electrons. The number of nitrogens with zero attached hydrogens (tertiary/aromatic N) is 2. The Balaban J connectivity index is 1.31. The third-order valence-corrected chi connectivity index (χ3v) is 7.33. The summed E-state index contributed by atoms with van der Waals surface area (Å²) in [4.78, 5) is 6.93. The first-order valence-electron chi connectivity index (χ1n) is 10.6. The Hall–Kier alpha value is -1.66. The predicted octanol–water partition coefficient (Wildman–Crippen LogP) is 3.12. The van der Waals surface area contributed by atoms with Crippen LogP contribution in [0.25, 0.3) is 0 Å². The van der Waals surface area contributed by atoms with Crippen LogP contribution in [0.1, 0.15) is 44.3 Å². The number of guanidine groups is 1. The molecule has 1 N–H and O–H groups in total. The number of benzene rings is 1. The Morgan fingerprint density at radius 2 is 2.04 bits per heavy atom. The summed E-state index contributed by atoms with van der Waals surface area (Å²) < 4.78 is 25.5. The molecule has 2 heterocycles. The van der Waals surface area contributed by atoms with E-state index >= 15 is 0 Å². The number of nitrogens with one attached hydrogen (secondary N) is 1. The Morgan fingerprint density at radius 3 is 2.71 bits per heavy atom. The zero-order valence-electron chi connectivity index (χ0n) is 16.7. The van der Waals surface area contributed by atoms with Crippen LogP contribution in [0.15, 0.2) is 29.3 Å². The highest BCUT2D eigenvalue weighted by molar-refractivity contribution is 5.80. The van der Waals surface area contributed by atoms with Crippen molar-refractivity contribution in [2.24, 2.45) is 16.3 Å². The minimum atomic E-state index is -0.217. The van der Waals surface area contributed by atoms with Gasteiger partial charge in [-0.05, 0) is 43.9 Å². The van der Waals surface area contributed by atoms with Gasteiger partial charge in [0, 0.05) is 37.6 Å². The third kappa shape index (κ3) is 2.84. The van der Waals surface area contributed by atoms with Crippen LogP contribution >= 0.6 is 0 Å². The molecule has 5 rings (SSSR count). The Kier molecular flexibility index (Phi) is 4.59. The lowest BCUT2D eigenvalue weighted by Crippen LogP contribution is -2.73. The molecule has 2 aliphatic carbocycles. The molecule has 1 aromatic rings. The van der Waals surface area contributed by atoms with Crippen LogP contribution in [0, 0.1) is 17.2 Å². The maximum Gasteiger partial charge on any atom is 0.194 e. The van der Waals surface area contributed by atoms with E-state index in [1.807, 2.05) is 19.2 Å². The summed E-state index contributed by atoms with van der Waals surface area (Å²) in [6.07, 6.45) is 5.45. The van der Waals surface area contributed by atoms with E-state index in [0.29, 0.717) is 23.5 Å². The standard InChI is InChI=1S/C22H30FN3O2/c1-14-12-26(13-18(28-14)15-4-6-16(23)7-5-15)21(24-2)25-19-17-8-11-27-20(17)22(19)9-3-10-22/h4-7,14,17-20H,3,8-13H2,1-2H3,(H,24,25). The zero-order chi connectivity index (χ0) is 19.3. The highest BCUT2D eigenvalue weighted by atomic mass is 19.1. The number of rotatable bonds is 2. The van der Waals surface area contributed by atoms with Gasteiger partial charge in [0.15, 0.2) is 5.96 Å². The minimum absolute atomic E-state index is 0.0792. The Bertz CT molecular complexity index is 749. The van der Waals surface area contributed by atoms with Gasteiger partial charge in [-0.1, -0.05) is 18.6 Å². The van der Waals surface area contributed by atoms with Crippen LogP contribution in [0.3, 0.4) is 0 Å². The molecule has 2 saturated heterocycles. The highest BCUT2D eigenvalue weighted by Crippen LogP contribution is 2.62. The SMILES string of the molecule is CN=C(NC1C2CCOC2C12CCC2)N1CC(C)OC(c2ccc(F)cc2)C1. The van der Waals surface area contributed by atoms with E-state index in [1.165, 1.54) is 31.4 Å².